The normalized spacial score (nSPS) is 10.9. The molecule has 0 aliphatic carbocycles. The lowest BCUT2D eigenvalue weighted by Crippen LogP contribution is -2.13. The molecule has 0 fully saturated rings. The Morgan fingerprint density at radius 3 is 2.50 bits per heavy atom. The number of nitrogens with zero attached hydrogens (tertiary/aromatic N) is 3. The molecule has 0 saturated carbocycles. The molecule has 3 aromatic carbocycles. The number of amides is 1. The summed E-state index contributed by atoms with van der Waals surface area (Å²) >= 11 is 1.27. The number of methoxy groups -OCH3 is 1. The van der Waals surface area contributed by atoms with E-state index in [4.69, 9.17) is 14.2 Å². The number of carbonyl (C=O) groups excluding carboxylic acids is 1. The molecule has 38 heavy (non-hydrogen) atoms. The summed E-state index contributed by atoms with van der Waals surface area (Å²) in [5.74, 6) is 1.21. The number of carbonyl (C=O) groups is 1. The average Bonchev–Trinajstić information content (AvgIpc) is 3.37. The van der Waals surface area contributed by atoms with Crippen LogP contribution in [0, 0.1) is 18.3 Å². The molecule has 192 valence electrons. The molecule has 8 nitrogen and oxygen atoms in total. The molecule has 1 aromatic heterocycles. The van der Waals surface area contributed by atoms with E-state index >= 15 is 0 Å². The molecule has 1 N–H and O–H groups in total. The Kier molecular flexibility index (Phi) is 9.05. The fraction of sp³-hybridized carbons (Fsp3) is 0.172. The smallest absolute Gasteiger partial charge is 0.268 e. The van der Waals surface area contributed by atoms with Crippen molar-refractivity contribution in [1.82, 2.24) is 10.2 Å². The second kappa shape index (κ2) is 13.0. The van der Waals surface area contributed by atoms with Crippen molar-refractivity contribution in [3.05, 3.63) is 100 Å². The van der Waals surface area contributed by atoms with Gasteiger partial charge in [0.2, 0.25) is 5.13 Å². The van der Waals surface area contributed by atoms with Gasteiger partial charge in [0.15, 0.2) is 11.5 Å². The Bertz CT molecular complexity index is 1440. The van der Waals surface area contributed by atoms with Crippen LogP contribution in [-0.4, -0.2) is 36.4 Å². The van der Waals surface area contributed by atoms with Crippen LogP contribution in [0.3, 0.4) is 0 Å². The minimum Gasteiger partial charge on any atom is -0.493 e. The fourth-order valence-electron chi connectivity index (χ4n) is 3.46. The van der Waals surface area contributed by atoms with Crippen molar-refractivity contribution in [1.29, 1.82) is 5.26 Å². The predicted octanol–water partition coefficient (Wildman–Crippen LogP) is 5.45. The number of hydrogen-bond acceptors (Lipinski definition) is 8. The Morgan fingerprint density at radius 1 is 1.00 bits per heavy atom. The maximum Gasteiger partial charge on any atom is 0.268 e. The number of benzene rings is 3. The van der Waals surface area contributed by atoms with E-state index in [0.29, 0.717) is 41.8 Å². The molecule has 4 aromatic rings. The molecular weight excluding hydrogens is 500 g/mol. The highest BCUT2D eigenvalue weighted by atomic mass is 32.1. The van der Waals surface area contributed by atoms with E-state index in [1.165, 1.54) is 24.5 Å². The van der Waals surface area contributed by atoms with Crippen molar-refractivity contribution in [3.8, 4) is 23.3 Å². The average molecular weight is 527 g/mol. The van der Waals surface area contributed by atoms with Crippen molar-refractivity contribution < 1.29 is 19.0 Å². The standard InChI is InChI=1S/C29H26N4O4S/c1-20-8-11-24(12-9-20)36-14-15-37-25-13-10-22(17-26(25)35-2)16-23(19-30)28(34)31-29-33-32-27(38-29)18-21-6-4-3-5-7-21/h3-13,16-17H,14-15,18H2,1-2H3,(H,31,33,34). The number of aromatic nitrogens is 2. The molecule has 0 atom stereocenters. The summed E-state index contributed by atoms with van der Waals surface area (Å²) < 4.78 is 16.9. The number of aryl methyl sites for hydroxylation is 1. The third kappa shape index (κ3) is 7.41. The molecule has 4 rings (SSSR count). The lowest BCUT2D eigenvalue weighted by atomic mass is 10.1. The van der Waals surface area contributed by atoms with Crippen LogP contribution < -0.4 is 19.5 Å². The number of ether oxygens (including phenoxy) is 3. The molecule has 9 heteroatoms. The van der Waals surface area contributed by atoms with Gasteiger partial charge in [0.1, 0.15) is 35.6 Å². The van der Waals surface area contributed by atoms with Gasteiger partial charge in [0.25, 0.3) is 5.91 Å². The van der Waals surface area contributed by atoms with Gasteiger partial charge < -0.3 is 14.2 Å². The zero-order valence-corrected chi connectivity index (χ0v) is 21.8. The molecule has 0 saturated heterocycles. The van der Waals surface area contributed by atoms with Crippen LogP contribution in [0.2, 0.25) is 0 Å². The van der Waals surface area contributed by atoms with Crippen molar-refractivity contribution in [3.63, 3.8) is 0 Å². The van der Waals surface area contributed by atoms with E-state index in [1.54, 1.807) is 18.2 Å². The van der Waals surface area contributed by atoms with E-state index in [2.05, 4.69) is 15.5 Å². The van der Waals surface area contributed by atoms with Gasteiger partial charge in [-0.1, -0.05) is 65.4 Å². The van der Waals surface area contributed by atoms with Gasteiger partial charge in [-0.15, -0.1) is 10.2 Å². The first-order valence-electron chi connectivity index (χ1n) is 11.8. The van der Waals surface area contributed by atoms with Crippen molar-refractivity contribution in [2.75, 3.05) is 25.6 Å². The van der Waals surface area contributed by atoms with Crippen molar-refractivity contribution in [2.24, 2.45) is 0 Å². The van der Waals surface area contributed by atoms with Crippen LogP contribution in [0.5, 0.6) is 17.2 Å². The first-order chi connectivity index (χ1) is 18.5. The van der Waals surface area contributed by atoms with Gasteiger partial charge in [-0.2, -0.15) is 5.26 Å². The summed E-state index contributed by atoms with van der Waals surface area (Å²) in [6.45, 7) is 2.70. The highest BCUT2D eigenvalue weighted by Gasteiger charge is 2.14. The fourth-order valence-corrected chi connectivity index (χ4v) is 4.23. The Morgan fingerprint density at radius 2 is 1.76 bits per heavy atom. The lowest BCUT2D eigenvalue weighted by molar-refractivity contribution is -0.112. The number of anilines is 1. The van der Waals surface area contributed by atoms with Gasteiger partial charge in [-0.3, -0.25) is 10.1 Å². The zero-order chi connectivity index (χ0) is 26.7. The summed E-state index contributed by atoms with van der Waals surface area (Å²) in [6.07, 6.45) is 2.09. The van der Waals surface area contributed by atoms with Gasteiger partial charge >= 0.3 is 0 Å². The minimum absolute atomic E-state index is 0.0768. The molecule has 0 aliphatic heterocycles. The molecule has 1 amide bonds. The summed E-state index contributed by atoms with van der Waals surface area (Å²) in [6, 6.07) is 24.8. The quantitative estimate of drug-likeness (QED) is 0.157. The van der Waals surface area contributed by atoms with Gasteiger partial charge in [-0.05, 0) is 48.4 Å². The van der Waals surface area contributed by atoms with Crippen molar-refractivity contribution >= 4 is 28.5 Å². The first-order valence-corrected chi connectivity index (χ1v) is 12.7. The minimum atomic E-state index is -0.567. The van der Waals surface area contributed by atoms with Crippen LogP contribution in [0.1, 0.15) is 21.7 Å². The molecule has 0 spiro atoms. The number of nitrogens with one attached hydrogen (secondary N) is 1. The lowest BCUT2D eigenvalue weighted by Gasteiger charge is -2.12. The Hall–Kier alpha value is -4.68. The number of hydrogen-bond donors (Lipinski definition) is 1. The van der Waals surface area contributed by atoms with Crippen LogP contribution in [0.15, 0.2) is 78.4 Å². The highest BCUT2D eigenvalue weighted by Crippen LogP contribution is 2.29. The molecule has 0 bridgehead atoms. The third-order valence-corrected chi connectivity index (χ3v) is 6.22. The second-order valence-electron chi connectivity index (χ2n) is 8.21. The van der Waals surface area contributed by atoms with Crippen LogP contribution in [0.25, 0.3) is 6.08 Å². The van der Waals surface area contributed by atoms with E-state index in [-0.39, 0.29) is 5.57 Å². The van der Waals surface area contributed by atoms with Gasteiger partial charge in [0.05, 0.1) is 7.11 Å². The molecular formula is C29H26N4O4S. The SMILES string of the molecule is COc1cc(C=C(C#N)C(=O)Nc2nnc(Cc3ccccc3)s2)ccc1OCCOc1ccc(C)cc1. The van der Waals surface area contributed by atoms with Gasteiger partial charge in [0, 0.05) is 6.42 Å². The molecule has 1 heterocycles. The predicted molar refractivity (Wildman–Crippen MR) is 147 cm³/mol. The number of rotatable bonds is 11. The molecule has 0 radical (unpaired) electrons. The van der Waals surface area contributed by atoms with Crippen LogP contribution in [0.4, 0.5) is 5.13 Å². The largest absolute Gasteiger partial charge is 0.493 e. The molecule has 0 unspecified atom stereocenters. The highest BCUT2D eigenvalue weighted by molar-refractivity contribution is 7.15. The van der Waals surface area contributed by atoms with Crippen molar-refractivity contribution in [2.45, 2.75) is 13.3 Å². The maximum absolute atomic E-state index is 12.7. The van der Waals surface area contributed by atoms with Crippen LogP contribution >= 0.6 is 11.3 Å². The monoisotopic (exact) mass is 526 g/mol. The number of nitriles is 1. The second-order valence-corrected chi connectivity index (χ2v) is 9.27. The molecule has 0 aliphatic rings. The Balaban J connectivity index is 1.35. The Labute approximate surface area is 225 Å². The van der Waals surface area contributed by atoms with E-state index in [0.717, 1.165) is 21.9 Å². The third-order valence-electron chi connectivity index (χ3n) is 5.38. The summed E-state index contributed by atoms with van der Waals surface area (Å²) in [5.41, 5.74) is 2.79. The topological polar surface area (TPSA) is 106 Å². The maximum atomic E-state index is 12.7. The van der Waals surface area contributed by atoms with Crippen LogP contribution in [-0.2, 0) is 11.2 Å². The van der Waals surface area contributed by atoms with E-state index < -0.39 is 5.91 Å². The van der Waals surface area contributed by atoms with E-state index in [9.17, 15) is 10.1 Å². The summed E-state index contributed by atoms with van der Waals surface area (Å²) in [5, 5.41) is 21.5. The first kappa shape index (κ1) is 26.4. The summed E-state index contributed by atoms with van der Waals surface area (Å²) in [4.78, 5) is 12.7. The van der Waals surface area contributed by atoms with Gasteiger partial charge in [-0.25, -0.2) is 0 Å². The van der Waals surface area contributed by atoms with E-state index in [1.807, 2.05) is 67.6 Å². The summed E-state index contributed by atoms with van der Waals surface area (Å²) in [7, 11) is 1.53. The zero-order valence-electron chi connectivity index (χ0n) is 21.0.